The predicted molar refractivity (Wildman–Crippen MR) is 81.9 cm³/mol. The lowest BCUT2D eigenvalue weighted by atomic mass is 10.0. The Balaban J connectivity index is 3.04. The minimum Gasteiger partial charge on any atom is -0.396 e. The highest BCUT2D eigenvalue weighted by Crippen LogP contribution is 2.10. The van der Waals surface area contributed by atoms with Crippen LogP contribution in [0.3, 0.4) is 0 Å². The summed E-state index contributed by atoms with van der Waals surface area (Å²) in [5.41, 5.74) is 0. The van der Waals surface area contributed by atoms with Crippen LogP contribution in [0.2, 0.25) is 0 Å². The van der Waals surface area contributed by atoms with Gasteiger partial charge in [-0.15, -0.1) is 0 Å². The number of rotatable bonds is 13. The fourth-order valence-corrected chi connectivity index (χ4v) is 2.13. The van der Waals surface area contributed by atoms with E-state index in [4.69, 9.17) is 5.11 Å². The summed E-state index contributed by atoms with van der Waals surface area (Å²) >= 11 is 0. The topological polar surface area (TPSA) is 20.2 Å². The van der Waals surface area contributed by atoms with Crippen LogP contribution >= 0.6 is 0 Å². The molecule has 0 aliphatic rings. The zero-order valence-corrected chi connectivity index (χ0v) is 12.7. The molecule has 0 aliphatic heterocycles. The van der Waals surface area contributed by atoms with Crippen molar-refractivity contribution in [1.29, 1.82) is 0 Å². The Bertz CT molecular complexity index is 172. The summed E-state index contributed by atoms with van der Waals surface area (Å²) in [7, 11) is 0. The molecule has 0 saturated heterocycles. The van der Waals surface area contributed by atoms with Crippen molar-refractivity contribution in [3.05, 3.63) is 12.2 Å². The number of hydrogen-bond acceptors (Lipinski definition) is 1. The predicted octanol–water partition coefficient (Wildman–Crippen LogP) is 5.48. The fourth-order valence-electron chi connectivity index (χ4n) is 2.13. The molecule has 0 rings (SSSR count). The molecule has 0 unspecified atom stereocenters. The number of allylic oxidation sites excluding steroid dienone is 2. The Hall–Kier alpha value is -0.300. The lowest BCUT2D eigenvalue weighted by Gasteiger charge is -2.01. The first-order valence-electron chi connectivity index (χ1n) is 8.03. The Labute approximate surface area is 115 Å². The van der Waals surface area contributed by atoms with Crippen LogP contribution in [0.25, 0.3) is 0 Å². The molecule has 0 fully saturated rings. The van der Waals surface area contributed by atoms with E-state index in [1.807, 2.05) is 0 Å². The first kappa shape index (κ1) is 17.7. The standard InChI is InChI=1S/C17H34O/c1-17(2)15-13-11-9-7-5-3-4-6-8-10-12-14-16-18/h5,7,17-18H,3-4,6,8-16H2,1-2H3/b7-5+. The van der Waals surface area contributed by atoms with E-state index in [-0.39, 0.29) is 0 Å². The second-order valence-corrected chi connectivity index (χ2v) is 5.78. The molecule has 0 aromatic heterocycles. The molecule has 108 valence electrons. The molecular formula is C17H34O. The molecule has 0 amide bonds. The molecule has 0 aromatic carbocycles. The van der Waals surface area contributed by atoms with Gasteiger partial charge in [0.15, 0.2) is 0 Å². The van der Waals surface area contributed by atoms with E-state index in [0.29, 0.717) is 6.61 Å². The Morgan fingerprint density at radius 2 is 1.22 bits per heavy atom. The minimum atomic E-state index is 0.361. The van der Waals surface area contributed by atoms with Crippen LogP contribution in [-0.2, 0) is 0 Å². The summed E-state index contributed by atoms with van der Waals surface area (Å²) in [6, 6.07) is 0. The lowest BCUT2D eigenvalue weighted by molar-refractivity contribution is 0.282. The van der Waals surface area contributed by atoms with Gasteiger partial charge in [-0.1, -0.05) is 64.5 Å². The highest BCUT2D eigenvalue weighted by molar-refractivity contribution is 4.81. The second-order valence-electron chi connectivity index (χ2n) is 5.78. The van der Waals surface area contributed by atoms with Crippen LogP contribution in [-0.4, -0.2) is 11.7 Å². The Kier molecular flexibility index (Phi) is 14.5. The van der Waals surface area contributed by atoms with Crippen LogP contribution < -0.4 is 0 Å². The van der Waals surface area contributed by atoms with Crippen molar-refractivity contribution in [2.45, 2.75) is 84.5 Å². The van der Waals surface area contributed by atoms with E-state index < -0.39 is 0 Å². The Morgan fingerprint density at radius 3 is 1.78 bits per heavy atom. The number of aliphatic hydroxyl groups is 1. The van der Waals surface area contributed by atoms with Crippen molar-refractivity contribution in [3.63, 3.8) is 0 Å². The molecule has 0 heterocycles. The summed E-state index contributed by atoms with van der Waals surface area (Å²) in [5, 5.41) is 8.65. The zero-order valence-electron chi connectivity index (χ0n) is 12.7. The van der Waals surface area contributed by atoms with Gasteiger partial charge in [0.2, 0.25) is 0 Å². The van der Waals surface area contributed by atoms with Gasteiger partial charge in [0.05, 0.1) is 0 Å². The van der Waals surface area contributed by atoms with Crippen molar-refractivity contribution in [1.82, 2.24) is 0 Å². The third-order valence-corrected chi connectivity index (χ3v) is 3.35. The van der Waals surface area contributed by atoms with Crippen molar-refractivity contribution in [2.24, 2.45) is 5.92 Å². The number of hydrogen-bond donors (Lipinski definition) is 1. The van der Waals surface area contributed by atoms with E-state index in [0.717, 1.165) is 12.3 Å². The highest BCUT2D eigenvalue weighted by atomic mass is 16.2. The normalized spacial score (nSPS) is 11.8. The number of aliphatic hydroxyl groups excluding tert-OH is 1. The van der Waals surface area contributed by atoms with Gasteiger partial charge in [0, 0.05) is 6.61 Å². The monoisotopic (exact) mass is 254 g/mol. The molecule has 0 aliphatic carbocycles. The van der Waals surface area contributed by atoms with Crippen molar-refractivity contribution >= 4 is 0 Å². The van der Waals surface area contributed by atoms with Gasteiger partial charge in [-0.05, 0) is 38.0 Å². The molecule has 1 heteroatoms. The van der Waals surface area contributed by atoms with Gasteiger partial charge >= 0.3 is 0 Å². The van der Waals surface area contributed by atoms with Crippen molar-refractivity contribution in [3.8, 4) is 0 Å². The van der Waals surface area contributed by atoms with Gasteiger partial charge in [-0.25, -0.2) is 0 Å². The molecule has 0 radical (unpaired) electrons. The van der Waals surface area contributed by atoms with Gasteiger partial charge in [0.1, 0.15) is 0 Å². The summed E-state index contributed by atoms with van der Waals surface area (Å²) in [4.78, 5) is 0. The minimum absolute atomic E-state index is 0.361. The zero-order chi connectivity index (χ0) is 13.5. The summed E-state index contributed by atoms with van der Waals surface area (Å²) in [5.74, 6) is 0.861. The van der Waals surface area contributed by atoms with E-state index in [1.165, 1.54) is 64.2 Å². The summed E-state index contributed by atoms with van der Waals surface area (Å²) in [6.45, 7) is 4.96. The van der Waals surface area contributed by atoms with E-state index >= 15 is 0 Å². The maximum atomic E-state index is 8.65. The third-order valence-electron chi connectivity index (χ3n) is 3.35. The van der Waals surface area contributed by atoms with E-state index in [1.54, 1.807) is 0 Å². The van der Waals surface area contributed by atoms with Gasteiger partial charge in [0.25, 0.3) is 0 Å². The third kappa shape index (κ3) is 15.7. The SMILES string of the molecule is CC(C)CCCC/C=C/CCCCCCCCO. The van der Waals surface area contributed by atoms with Gasteiger partial charge in [-0.3, -0.25) is 0 Å². The van der Waals surface area contributed by atoms with Gasteiger partial charge in [-0.2, -0.15) is 0 Å². The van der Waals surface area contributed by atoms with Crippen LogP contribution in [0.1, 0.15) is 84.5 Å². The van der Waals surface area contributed by atoms with Crippen LogP contribution in [0.5, 0.6) is 0 Å². The molecule has 0 atom stereocenters. The molecule has 0 bridgehead atoms. The molecule has 0 saturated carbocycles. The second kappa shape index (κ2) is 14.8. The van der Waals surface area contributed by atoms with Crippen LogP contribution in [0, 0.1) is 5.92 Å². The maximum Gasteiger partial charge on any atom is 0.0431 e. The first-order valence-corrected chi connectivity index (χ1v) is 8.03. The van der Waals surface area contributed by atoms with Crippen LogP contribution in [0.15, 0.2) is 12.2 Å². The number of unbranched alkanes of at least 4 members (excludes halogenated alkanes) is 8. The highest BCUT2D eigenvalue weighted by Gasteiger charge is 1.92. The Morgan fingerprint density at radius 1 is 0.722 bits per heavy atom. The quantitative estimate of drug-likeness (QED) is 0.341. The summed E-state index contributed by atoms with van der Waals surface area (Å²) in [6.07, 6.45) is 18.9. The lowest BCUT2D eigenvalue weighted by Crippen LogP contribution is -1.85. The van der Waals surface area contributed by atoms with E-state index in [2.05, 4.69) is 26.0 Å². The molecule has 0 aromatic rings. The average molecular weight is 254 g/mol. The molecule has 1 nitrogen and oxygen atoms in total. The first-order chi connectivity index (χ1) is 8.77. The average Bonchev–Trinajstić information content (AvgIpc) is 2.34. The smallest absolute Gasteiger partial charge is 0.0431 e. The molecule has 18 heavy (non-hydrogen) atoms. The van der Waals surface area contributed by atoms with Crippen molar-refractivity contribution in [2.75, 3.05) is 6.61 Å². The van der Waals surface area contributed by atoms with E-state index in [9.17, 15) is 0 Å². The maximum absolute atomic E-state index is 8.65. The molecule has 1 N–H and O–H groups in total. The molecule has 0 spiro atoms. The van der Waals surface area contributed by atoms with Crippen molar-refractivity contribution < 1.29 is 5.11 Å². The summed E-state index contributed by atoms with van der Waals surface area (Å²) < 4.78 is 0. The van der Waals surface area contributed by atoms with Crippen LogP contribution in [0.4, 0.5) is 0 Å². The largest absolute Gasteiger partial charge is 0.396 e. The van der Waals surface area contributed by atoms with Gasteiger partial charge < -0.3 is 5.11 Å². The molecular weight excluding hydrogens is 220 g/mol. The fraction of sp³-hybridized carbons (Fsp3) is 0.882.